The Labute approximate surface area is 80.5 Å². The van der Waals surface area contributed by atoms with Gasteiger partial charge in [-0.1, -0.05) is 13.8 Å². The van der Waals surface area contributed by atoms with Crippen LogP contribution in [0.25, 0.3) is 0 Å². The van der Waals surface area contributed by atoms with Crippen molar-refractivity contribution in [2.75, 3.05) is 13.6 Å². The first kappa shape index (κ1) is 10.9. The standard InChI is InChI=1S/C10H21FN2/c1-8(2)12-9-4-5-10(11)13(3)7-6-9/h8-10,12H,4-7H2,1-3H3. The van der Waals surface area contributed by atoms with Gasteiger partial charge in [-0.05, 0) is 26.3 Å². The van der Waals surface area contributed by atoms with Crippen molar-refractivity contribution < 1.29 is 4.39 Å². The number of alkyl halides is 1. The molecule has 0 radical (unpaired) electrons. The second-order valence-electron chi connectivity index (χ2n) is 4.30. The van der Waals surface area contributed by atoms with Crippen LogP contribution in [0.5, 0.6) is 0 Å². The number of nitrogens with zero attached hydrogens (tertiary/aromatic N) is 1. The summed E-state index contributed by atoms with van der Waals surface area (Å²) in [6.07, 6.45) is 1.96. The van der Waals surface area contributed by atoms with Gasteiger partial charge in [0.1, 0.15) is 0 Å². The predicted molar refractivity (Wildman–Crippen MR) is 53.4 cm³/mol. The van der Waals surface area contributed by atoms with Crippen LogP contribution in [0, 0.1) is 0 Å². The van der Waals surface area contributed by atoms with E-state index in [4.69, 9.17) is 0 Å². The minimum Gasteiger partial charge on any atom is -0.312 e. The summed E-state index contributed by atoms with van der Waals surface area (Å²) in [6.45, 7) is 5.15. The Balaban J connectivity index is 2.35. The molecule has 2 unspecified atom stereocenters. The molecule has 2 nitrogen and oxygen atoms in total. The topological polar surface area (TPSA) is 15.3 Å². The lowest BCUT2D eigenvalue weighted by atomic mass is 10.1. The van der Waals surface area contributed by atoms with Crippen LogP contribution in [0.3, 0.4) is 0 Å². The van der Waals surface area contributed by atoms with E-state index < -0.39 is 6.30 Å². The van der Waals surface area contributed by atoms with Crippen LogP contribution >= 0.6 is 0 Å². The Kier molecular flexibility index (Phi) is 4.13. The van der Waals surface area contributed by atoms with Crippen molar-refractivity contribution in [1.29, 1.82) is 0 Å². The van der Waals surface area contributed by atoms with E-state index in [0.717, 1.165) is 19.4 Å². The van der Waals surface area contributed by atoms with Crippen molar-refractivity contribution in [3.05, 3.63) is 0 Å². The van der Waals surface area contributed by atoms with Crippen LogP contribution in [-0.4, -0.2) is 36.9 Å². The summed E-state index contributed by atoms with van der Waals surface area (Å²) in [7, 11) is 1.86. The fraction of sp³-hybridized carbons (Fsp3) is 1.00. The molecule has 0 saturated carbocycles. The van der Waals surface area contributed by atoms with Gasteiger partial charge in [-0.3, -0.25) is 4.90 Å². The van der Waals surface area contributed by atoms with E-state index in [9.17, 15) is 4.39 Å². The first-order valence-electron chi connectivity index (χ1n) is 5.20. The number of hydrogen-bond donors (Lipinski definition) is 1. The molecule has 1 aliphatic heterocycles. The maximum Gasteiger partial charge on any atom is 0.153 e. The van der Waals surface area contributed by atoms with Gasteiger partial charge in [0.2, 0.25) is 0 Å². The second kappa shape index (κ2) is 4.91. The number of nitrogens with one attached hydrogen (secondary N) is 1. The monoisotopic (exact) mass is 188 g/mol. The predicted octanol–water partition coefficient (Wildman–Crippen LogP) is 1.76. The molecule has 2 atom stereocenters. The molecule has 1 aliphatic rings. The summed E-state index contributed by atoms with van der Waals surface area (Å²) in [5.41, 5.74) is 0. The Morgan fingerprint density at radius 1 is 1.31 bits per heavy atom. The molecular weight excluding hydrogens is 167 g/mol. The normalized spacial score (nSPS) is 32.1. The molecule has 3 heteroatoms. The molecule has 1 heterocycles. The highest BCUT2D eigenvalue weighted by atomic mass is 19.1. The molecule has 78 valence electrons. The zero-order chi connectivity index (χ0) is 9.84. The van der Waals surface area contributed by atoms with Crippen LogP contribution in [-0.2, 0) is 0 Å². The van der Waals surface area contributed by atoms with E-state index in [1.807, 2.05) is 11.9 Å². The minimum absolute atomic E-state index is 0.503. The van der Waals surface area contributed by atoms with E-state index in [2.05, 4.69) is 19.2 Å². The average molecular weight is 188 g/mol. The molecule has 1 saturated heterocycles. The zero-order valence-electron chi connectivity index (χ0n) is 8.89. The van der Waals surface area contributed by atoms with E-state index in [0.29, 0.717) is 18.5 Å². The first-order valence-corrected chi connectivity index (χ1v) is 5.20. The van der Waals surface area contributed by atoms with Crippen molar-refractivity contribution in [3.8, 4) is 0 Å². The fourth-order valence-electron chi connectivity index (χ4n) is 1.84. The van der Waals surface area contributed by atoms with E-state index in [-0.39, 0.29) is 0 Å². The molecular formula is C10H21FN2. The Bertz CT molecular complexity index is 138. The number of halogens is 1. The van der Waals surface area contributed by atoms with Crippen LogP contribution in [0.15, 0.2) is 0 Å². The molecule has 0 amide bonds. The quantitative estimate of drug-likeness (QED) is 0.664. The second-order valence-corrected chi connectivity index (χ2v) is 4.30. The molecule has 13 heavy (non-hydrogen) atoms. The van der Waals surface area contributed by atoms with Crippen LogP contribution in [0.4, 0.5) is 4.39 Å². The van der Waals surface area contributed by atoms with Crippen molar-refractivity contribution in [2.45, 2.75) is 51.5 Å². The third-order valence-electron chi connectivity index (χ3n) is 2.63. The highest BCUT2D eigenvalue weighted by Crippen LogP contribution is 2.16. The molecule has 1 rings (SSSR count). The lowest BCUT2D eigenvalue weighted by Crippen LogP contribution is -2.35. The lowest BCUT2D eigenvalue weighted by Gasteiger charge is -2.19. The molecule has 1 fully saturated rings. The molecule has 0 spiro atoms. The average Bonchev–Trinajstić information content (AvgIpc) is 2.19. The van der Waals surface area contributed by atoms with Gasteiger partial charge in [0.05, 0.1) is 0 Å². The van der Waals surface area contributed by atoms with E-state index >= 15 is 0 Å². The SMILES string of the molecule is CC(C)NC1CCC(F)N(C)CC1. The van der Waals surface area contributed by atoms with E-state index in [1.54, 1.807) is 0 Å². The summed E-state index contributed by atoms with van der Waals surface area (Å²) in [6, 6.07) is 1.01. The maximum atomic E-state index is 13.2. The van der Waals surface area contributed by atoms with Gasteiger partial charge in [-0.25, -0.2) is 4.39 Å². The first-order chi connectivity index (χ1) is 6.09. The number of rotatable bonds is 2. The minimum atomic E-state index is -0.737. The highest BCUT2D eigenvalue weighted by Gasteiger charge is 2.21. The third-order valence-corrected chi connectivity index (χ3v) is 2.63. The highest BCUT2D eigenvalue weighted by molar-refractivity contribution is 4.76. The molecule has 0 aromatic carbocycles. The van der Waals surface area contributed by atoms with Gasteiger partial charge in [0.25, 0.3) is 0 Å². The number of hydrogen-bond acceptors (Lipinski definition) is 2. The fourth-order valence-corrected chi connectivity index (χ4v) is 1.84. The molecule has 0 bridgehead atoms. The van der Waals surface area contributed by atoms with E-state index in [1.165, 1.54) is 0 Å². The summed E-state index contributed by atoms with van der Waals surface area (Å²) in [5, 5.41) is 3.47. The van der Waals surface area contributed by atoms with Crippen molar-refractivity contribution >= 4 is 0 Å². The molecule has 1 N–H and O–H groups in total. The molecule has 0 aromatic heterocycles. The maximum absolute atomic E-state index is 13.2. The van der Waals surface area contributed by atoms with Crippen LogP contribution in [0.2, 0.25) is 0 Å². The van der Waals surface area contributed by atoms with Gasteiger partial charge in [0, 0.05) is 18.6 Å². The van der Waals surface area contributed by atoms with Crippen LogP contribution < -0.4 is 5.32 Å². The Hall–Kier alpha value is -0.150. The summed E-state index contributed by atoms with van der Waals surface area (Å²) in [5.74, 6) is 0. The Morgan fingerprint density at radius 3 is 2.62 bits per heavy atom. The zero-order valence-corrected chi connectivity index (χ0v) is 8.89. The van der Waals surface area contributed by atoms with Gasteiger partial charge in [-0.15, -0.1) is 0 Å². The van der Waals surface area contributed by atoms with Gasteiger partial charge >= 0.3 is 0 Å². The Morgan fingerprint density at radius 2 is 2.00 bits per heavy atom. The van der Waals surface area contributed by atoms with Gasteiger partial charge < -0.3 is 5.32 Å². The third kappa shape index (κ3) is 3.61. The molecule has 0 aromatic rings. The summed E-state index contributed by atoms with van der Waals surface area (Å²) in [4.78, 5) is 1.81. The molecule has 0 aliphatic carbocycles. The smallest absolute Gasteiger partial charge is 0.153 e. The summed E-state index contributed by atoms with van der Waals surface area (Å²) < 4.78 is 13.2. The van der Waals surface area contributed by atoms with Crippen LogP contribution in [0.1, 0.15) is 33.1 Å². The summed E-state index contributed by atoms with van der Waals surface area (Å²) >= 11 is 0. The van der Waals surface area contributed by atoms with Crippen molar-refractivity contribution in [3.63, 3.8) is 0 Å². The largest absolute Gasteiger partial charge is 0.312 e. The van der Waals surface area contributed by atoms with Gasteiger partial charge in [-0.2, -0.15) is 0 Å². The van der Waals surface area contributed by atoms with Gasteiger partial charge in [0.15, 0.2) is 6.30 Å². The van der Waals surface area contributed by atoms with Crippen molar-refractivity contribution in [1.82, 2.24) is 10.2 Å². The number of likely N-dealkylation sites (tertiary alicyclic amines) is 1. The lowest BCUT2D eigenvalue weighted by molar-refractivity contribution is 0.112. The van der Waals surface area contributed by atoms with Crippen molar-refractivity contribution in [2.24, 2.45) is 0 Å².